The molecule has 3 rings (SSSR count). The molecule has 1 amide bonds. The van der Waals surface area contributed by atoms with E-state index in [-0.39, 0.29) is 30.4 Å². The van der Waals surface area contributed by atoms with Crippen LogP contribution in [0.15, 0.2) is 29.2 Å². The second kappa shape index (κ2) is 10.5. The van der Waals surface area contributed by atoms with Crippen molar-refractivity contribution in [1.82, 2.24) is 14.1 Å². The molecule has 1 saturated heterocycles. The fourth-order valence-electron chi connectivity index (χ4n) is 4.00. The first-order valence-corrected chi connectivity index (χ1v) is 12.7. The number of aromatic nitrogens is 2. The zero-order chi connectivity index (χ0) is 24.2. The summed E-state index contributed by atoms with van der Waals surface area (Å²) in [6.45, 7) is 8.81. The van der Waals surface area contributed by atoms with E-state index in [0.29, 0.717) is 41.6 Å². The van der Waals surface area contributed by atoms with Gasteiger partial charge in [-0.05, 0) is 57.7 Å². The number of anilines is 1. The highest BCUT2D eigenvalue weighted by molar-refractivity contribution is 7.89. The van der Waals surface area contributed by atoms with Crippen LogP contribution < -0.4 is 5.32 Å². The van der Waals surface area contributed by atoms with Crippen LogP contribution in [0.3, 0.4) is 0 Å². The molecule has 0 bridgehead atoms. The zero-order valence-corrected chi connectivity index (χ0v) is 20.4. The number of carbonyl (C=O) groups is 2. The Morgan fingerprint density at radius 1 is 1.21 bits per heavy atom. The minimum atomic E-state index is -3.63. The minimum Gasteiger partial charge on any atom is -0.462 e. The van der Waals surface area contributed by atoms with Gasteiger partial charge in [0.2, 0.25) is 15.9 Å². The third-order valence-corrected chi connectivity index (χ3v) is 8.02. The molecular weight excluding hydrogens is 444 g/mol. The number of nitrogens with zero attached hydrogens (tertiary/aromatic N) is 3. The van der Waals surface area contributed by atoms with Crippen LogP contribution in [-0.4, -0.2) is 54.1 Å². The van der Waals surface area contributed by atoms with Crippen molar-refractivity contribution >= 4 is 27.6 Å². The number of esters is 1. The molecule has 33 heavy (non-hydrogen) atoms. The lowest BCUT2D eigenvalue weighted by molar-refractivity contribution is -0.116. The van der Waals surface area contributed by atoms with Crippen molar-refractivity contribution < 1.29 is 22.7 Å². The molecule has 1 N–H and O–H groups in total. The van der Waals surface area contributed by atoms with Crippen molar-refractivity contribution in [3.05, 3.63) is 41.2 Å². The minimum absolute atomic E-state index is 0.103. The molecular formula is C23H32N4O5S. The number of sulfonamides is 1. The molecule has 2 aromatic rings. The summed E-state index contributed by atoms with van der Waals surface area (Å²) in [7, 11) is -3.63. The summed E-state index contributed by atoms with van der Waals surface area (Å²) < 4.78 is 34.5. The molecule has 0 atom stereocenters. The van der Waals surface area contributed by atoms with Gasteiger partial charge in [0.1, 0.15) is 4.90 Å². The van der Waals surface area contributed by atoms with Crippen LogP contribution in [0, 0.1) is 19.8 Å². The topological polar surface area (TPSA) is 111 Å². The lowest BCUT2D eigenvalue weighted by Crippen LogP contribution is -2.38. The van der Waals surface area contributed by atoms with E-state index in [1.54, 1.807) is 49.7 Å². The number of rotatable bonds is 8. The van der Waals surface area contributed by atoms with Gasteiger partial charge in [0, 0.05) is 25.2 Å². The molecule has 1 aromatic heterocycles. The van der Waals surface area contributed by atoms with Crippen molar-refractivity contribution in [3.63, 3.8) is 0 Å². The number of hydrogen-bond acceptors (Lipinski definition) is 6. The summed E-state index contributed by atoms with van der Waals surface area (Å²) in [4.78, 5) is 24.6. The van der Waals surface area contributed by atoms with Crippen LogP contribution in [0.25, 0.3) is 0 Å². The summed E-state index contributed by atoms with van der Waals surface area (Å²) in [6, 6.07) is 6.54. The summed E-state index contributed by atoms with van der Waals surface area (Å²) in [6.07, 6.45) is 1.80. The van der Waals surface area contributed by atoms with Crippen molar-refractivity contribution in [2.45, 2.75) is 58.4 Å². The second-order valence-electron chi connectivity index (χ2n) is 8.41. The van der Waals surface area contributed by atoms with Gasteiger partial charge in [-0.25, -0.2) is 13.2 Å². The van der Waals surface area contributed by atoms with E-state index >= 15 is 0 Å². The number of nitrogens with one attached hydrogen (secondary N) is 1. The first kappa shape index (κ1) is 24.9. The maximum atomic E-state index is 13.2. The number of aryl methyl sites for hydroxylation is 2. The SMILES string of the molecule is CCOC(=O)c1cccc(NC(=O)CCn2nc(C)c(S(=O)(=O)N3CCC(C)CC3)c2C)c1. The van der Waals surface area contributed by atoms with Gasteiger partial charge < -0.3 is 10.1 Å². The molecule has 1 aromatic carbocycles. The van der Waals surface area contributed by atoms with Crippen LogP contribution in [0.5, 0.6) is 0 Å². The first-order valence-electron chi connectivity index (χ1n) is 11.2. The number of piperidine rings is 1. The Kier molecular flexibility index (Phi) is 7.91. The Morgan fingerprint density at radius 2 is 1.91 bits per heavy atom. The van der Waals surface area contributed by atoms with E-state index in [9.17, 15) is 18.0 Å². The van der Waals surface area contributed by atoms with E-state index in [4.69, 9.17) is 4.74 Å². The summed E-state index contributed by atoms with van der Waals surface area (Å²) >= 11 is 0. The Hall–Kier alpha value is -2.72. The highest BCUT2D eigenvalue weighted by Crippen LogP contribution is 2.27. The Morgan fingerprint density at radius 3 is 2.58 bits per heavy atom. The van der Waals surface area contributed by atoms with E-state index in [0.717, 1.165) is 12.8 Å². The predicted molar refractivity (Wildman–Crippen MR) is 125 cm³/mol. The summed E-state index contributed by atoms with van der Waals surface area (Å²) in [5.41, 5.74) is 1.81. The van der Waals surface area contributed by atoms with Crippen molar-refractivity contribution in [2.24, 2.45) is 5.92 Å². The van der Waals surface area contributed by atoms with Crippen LogP contribution in [0.4, 0.5) is 5.69 Å². The average Bonchev–Trinajstić information content (AvgIpc) is 3.06. The molecule has 0 spiro atoms. The molecule has 9 nitrogen and oxygen atoms in total. The van der Waals surface area contributed by atoms with Gasteiger partial charge >= 0.3 is 5.97 Å². The van der Waals surface area contributed by atoms with Crippen LogP contribution in [0.1, 0.15) is 54.9 Å². The standard InChI is InChI=1S/C23H32N4O5S/c1-5-32-23(29)19-7-6-8-20(15-19)24-21(28)11-14-27-18(4)22(17(3)25-27)33(30,31)26-12-9-16(2)10-13-26/h6-8,15-16H,5,9-14H2,1-4H3,(H,24,28). The fourth-order valence-corrected chi connectivity index (χ4v) is 5.84. The van der Waals surface area contributed by atoms with Gasteiger partial charge in [-0.2, -0.15) is 9.40 Å². The average molecular weight is 477 g/mol. The van der Waals surface area contributed by atoms with Gasteiger partial charge in [-0.3, -0.25) is 9.48 Å². The highest BCUT2D eigenvalue weighted by Gasteiger charge is 2.33. The lowest BCUT2D eigenvalue weighted by atomic mass is 10.0. The molecule has 1 aliphatic heterocycles. The van der Waals surface area contributed by atoms with Gasteiger partial charge in [0.25, 0.3) is 0 Å². The fraction of sp³-hybridized carbons (Fsp3) is 0.522. The highest BCUT2D eigenvalue weighted by atomic mass is 32.2. The molecule has 1 fully saturated rings. The van der Waals surface area contributed by atoms with Crippen LogP contribution in [-0.2, 0) is 26.1 Å². The van der Waals surface area contributed by atoms with Crippen molar-refractivity contribution in [2.75, 3.05) is 25.0 Å². The Labute approximate surface area is 195 Å². The van der Waals surface area contributed by atoms with E-state index in [1.165, 1.54) is 4.31 Å². The van der Waals surface area contributed by atoms with Gasteiger partial charge in [0.05, 0.1) is 30.1 Å². The van der Waals surface area contributed by atoms with Crippen LogP contribution >= 0.6 is 0 Å². The smallest absolute Gasteiger partial charge is 0.338 e. The number of benzene rings is 1. The number of ether oxygens (including phenoxy) is 1. The van der Waals surface area contributed by atoms with Gasteiger partial charge in [0.15, 0.2) is 0 Å². The zero-order valence-electron chi connectivity index (χ0n) is 19.6. The molecule has 10 heteroatoms. The number of hydrogen-bond donors (Lipinski definition) is 1. The molecule has 0 radical (unpaired) electrons. The second-order valence-corrected chi connectivity index (χ2v) is 10.3. The molecule has 2 heterocycles. The van der Waals surface area contributed by atoms with Gasteiger partial charge in [-0.15, -0.1) is 0 Å². The predicted octanol–water partition coefficient (Wildman–Crippen LogP) is 3.13. The molecule has 1 aliphatic rings. The normalized spacial score (nSPS) is 15.4. The summed E-state index contributed by atoms with van der Waals surface area (Å²) in [5, 5.41) is 7.15. The number of amides is 1. The van der Waals surface area contributed by atoms with Crippen molar-refractivity contribution in [3.8, 4) is 0 Å². The molecule has 180 valence electrons. The maximum absolute atomic E-state index is 13.2. The van der Waals surface area contributed by atoms with Crippen molar-refractivity contribution in [1.29, 1.82) is 0 Å². The number of carbonyl (C=O) groups excluding carboxylic acids is 2. The van der Waals surface area contributed by atoms with Crippen LogP contribution in [0.2, 0.25) is 0 Å². The molecule has 0 unspecified atom stereocenters. The quantitative estimate of drug-likeness (QED) is 0.586. The van der Waals surface area contributed by atoms with E-state index in [1.807, 2.05) is 0 Å². The third kappa shape index (κ3) is 5.80. The third-order valence-electron chi connectivity index (χ3n) is 5.86. The maximum Gasteiger partial charge on any atom is 0.338 e. The largest absolute Gasteiger partial charge is 0.462 e. The first-order chi connectivity index (χ1) is 15.6. The summed E-state index contributed by atoms with van der Waals surface area (Å²) in [5.74, 6) is -0.191. The molecule has 0 saturated carbocycles. The van der Waals surface area contributed by atoms with E-state index in [2.05, 4.69) is 17.3 Å². The van der Waals surface area contributed by atoms with E-state index < -0.39 is 16.0 Å². The Bertz CT molecular complexity index is 1120. The Balaban J connectivity index is 1.66. The van der Waals surface area contributed by atoms with Gasteiger partial charge in [-0.1, -0.05) is 13.0 Å². The monoisotopic (exact) mass is 476 g/mol. The molecule has 0 aliphatic carbocycles. The lowest BCUT2D eigenvalue weighted by Gasteiger charge is -2.29.